The first-order chi connectivity index (χ1) is 12.8. The summed E-state index contributed by atoms with van der Waals surface area (Å²) in [5.41, 5.74) is -0.106. The average molecular weight is 372 g/mol. The maximum atomic E-state index is 12.7. The van der Waals surface area contributed by atoms with Crippen LogP contribution in [0.25, 0.3) is 0 Å². The summed E-state index contributed by atoms with van der Waals surface area (Å²) in [6, 6.07) is 8.53. The van der Waals surface area contributed by atoms with E-state index in [1.54, 1.807) is 30.6 Å². The molecule has 0 aliphatic heterocycles. The Morgan fingerprint density at radius 1 is 1.19 bits per heavy atom. The van der Waals surface area contributed by atoms with Crippen molar-refractivity contribution in [2.24, 2.45) is 0 Å². The van der Waals surface area contributed by atoms with E-state index in [4.69, 9.17) is 9.47 Å². The number of benzene rings is 1. The van der Waals surface area contributed by atoms with Crippen molar-refractivity contribution in [3.8, 4) is 11.5 Å². The molecular formula is C20H24N2O5. The van der Waals surface area contributed by atoms with Crippen LogP contribution in [-0.4, -0.2) is 46.1 Å². The Kier molecular flexibility index (Phi) is 6.39. The lowest BCUT2D eigenvalue weighted by Gasteiger charge is -2.31. The summed E-state index contributed by atoms with van der Waals surface area (Å²) in [6.45, 7) is 5.49. The van der Waals surface area contributed by atoms with E-state index in [0.717, 1.165) is 5.56 Å². The van der Waals surface area contributed by atoms with Crippen LogP contribution in [0.1, 0.15) is 36.7 Å². The van der Waals surface area contributed by atoms with Crippen molar-refractivity contribution in [3.05, 3.63) is 53.9 Å². The second-order valence-electron chi connectivity index (χ2n) is 6.47. The third-order valence-corrected chi connectivity index (χ3v) is 4.27. The Hall–Kier alpha value is -3.09. The van der Waals surface area contributed by atoms with Crippen LogP contribution in [0.4, 0.5) is 0 Å². The number of carbonyl (C=O) groups is 2. The summed E-state index contributed by atoms with van der Waals surface area (Å²) in [5.74, 6) is -0.576. The van der Waals surface area contributed by atoms with Crippen LogP contribution < -0.4 is 9.47 Å². The third-order valence-electron chi connectivity index (χ3n) is 4.27. The van der Waals surface area contributed by atoms with Gasteiger partial charge in [-0.2, -0.15) is 0 Å². The van der Waals surface area contributed by atoms with Gasteiger partial charge in [0.2, 0.25) is 0 Å². The monoisotopic (exact) mass is 372 g/mol. The van der Waals surface area contributed by atoms with Crippen molar-refractivity contribution in [2.75, 3.05) is 13.7 Å². The zero-order chi connectivity index (χ0) is 20.0. The average Bonchev–Trinajstić information content (AvgIpc) is 2.66. The lowest BCUT2D eigenvalue weighted by Crippen LogP contribution is -2.50. The summed E-state index contributed by atoms with van der Waals surface area (Å²) in [4.78, 5) is 29.3. The quantitative estimate of drug-likeness (QED) is 0.766. The summed E-state index contributed by atoms with van der Waals surface area (Å²) in [5, 5.41) is 9.32. The van der Waals surface area contributed by atoms with Gasteiger partial charge in [-0.25, -0.2) is 4.79 Å². The van der Waals surface area contributed by atoms with E-state index in [1.165, 1.54) is 25.8 Å². The molecule has 0 spiro atoms. The fraction of sp³-hybridized carbons (Fsp3) is 0.350. The Morgan fingerprint density at radius 2 is 1.93 bits per heavy atom. The number of ether oxygens (including phenoxy) is 2. The minimum absolute atomic E-state index is 0.313. The molecule has 1 aromatic heterocycles. The van der Waals surface area contributed by atoms with Crippen LogP contribution in [0.3, 0.4) is 0 Å². The van der Waals surface area contributed by atoms with Gasteiger partial charge in [0, 0.05) is 30.6 Å². The van der Waals surface area contributed by atoms with Crippen molar-refractivity contribution < 1.29 is 24.2 Å². The second kappa shape index (κ2) is 8.53. The normalized spacial score (nSPS) is 11.0. The summed E-state index contributed by atoms with van der Waals surface area (Å²) in [6.07, 6.45) is 3.39. The van der Waals surface area contributed by atoms with E-state index in [2.05, 4.69) is 4.98 Å². The first kappa shape index (κ1) is 20.2. The highest BCUT2D eigenvalue weighted by atomic mass is 16.5. The van der Waals surface area contributed by atoms with E-state index in [1.807, 2.05) is 19.1 Å². The van der Waals surface area contributed by atoms with E-state index in [-0.39, 0.29) is 0 Å². The van der Waals surface area contributed by atoms with E-state index < -0.39 is 17.4 Å². The number of carboxylic acids is 1. The zero-order valence-electron chi connectivity index (χ0n) is 15.9. The highest BCUT2D eigenvalue weighted by Crippen LogP contribution is 2.30. The van der Waals surface area contributed by atoms with Crippen LogP contribution in [0.5, 0.6) is 11.5 Å². The predicted octanol–water partition coefficient (Wildman–Crippen LogP) is 2.99. The number of likely N-dealkylation sites (N-methyl/N-ethyl adjacent to an activating group) is 1. The SMILES string of the molecule is CCOc1cc(C(=O)N(C)C(C)(C)C(=O)O)ccc1OCc1cccnc1. The minimum atomic E-state index is -1.33. The molecule has 144 valence electrons. The Bertz CT molecular complexity index is 805. The lowest BCUT2D eigenvalue weighted by molar-refractivity contribution is -0.147. The van der Waals surface area contributed by atoms with E-state index in [9.17, 15) is 14.7 Å². The molecule has 1 aromatic carbocycles. The fourth-order valence-corrected chi connectivity index (χ4v) is 2.26. The Balaban J connectivity index is 2.23. The smallest absolute Gasteiger partial charge is 0.329 e. The maximum absolute atomic E-state index is 12.7. The van der Waals surface area contributed by atoms with Gasteiger partial charge in [0.05, 0.1) is 6.61 Å². The molecule has 2 aromatic rings. The molecule has 2 rings (SSSR count). The molecule has 7 heteroatoms. The number of aromatic nitrogens is 1. The fourth-order valence-electron chi connectivity index (χ4n) is 2.26. The Labute approximate surface area is 158 Å². The molecule has 1 amide bonds. The number of hydrogen-bond acceptors (Lipinski definition) is 5. The number of hydrogen-bond donors (Lipinski definition) is 1. The molecule has 7 nitrogen and oxygen atoms in total. The molecule has 0 saturated heterocycles. The largest absolute Gasteiger partial charge is 0.490 e. The van der Waals surface area contributed by atoms with Crippen LogP contribution in [-0.2, 0) is 11.4 Å². The minimum Gasteiger partial charge on any atom is -0.490 e. The topological polar surface area (TPSA) is 89.0 Å². The number of carboxylic acid groups (broad SMARTS) is 1. The molecule has 1 N–H and O–H groups in total. The summed E-state index contributed by atoms with van der Waals surface area (Å²) < 4.78 is 11.4. The van der Waals surface area contributed by atoms with Crippen molar-refractivity contribution in [1.82, 2.24) is 9.88 Å². The second-order valence-corrected chi connectivity index (χ2v) is 6.47. The maximum Gasteiger partial charge on any atom is 0.329 e. The van der Waals surface area contributed by atoms with E-state index in [0.29, 0.717) is 30.3 Å². The molecule has 0 fully saturated rings. The van der Waals surface area contributed by atoms with Crippen molar-refractivity contribution >= 4 is 11.9 Å². The van der Waals surface area contributed by atoms with E-state index >= 15 is 0 Å². The highest BCUT2D eigenvalue weighted by Gasteiger charge is 2.35. The molecular weight excluding hydrogens is 348 g/mol. The number of pyridine rings is 1. The molecule has 0 saturated carbocycles. The number of aliphatic carboxylic acids is 1. The molecule has 0 bridgehead atoms. The number of amides is 1. The first-order valence-corrected chi connectivity index (χ1v) is 8.57. The summed E-state index contributed by atoms with van der Waals surface area (Å²) in [7, 11) is 1.46. The molecule has 0 aliphatic carbocycles. The van der Waals surface area contributed by atoms with Gasteiger partial charge in [-0.3, -0.25) is 9.78 Å². The Morgan fingerprint density at radius 3 is 2.52 bits per heavy atom. The first-order valence-electron chi connectivity index (χ1n) is 8.57. The van der Waals surface area contributed by atoms with Gasteiger partial charge in [0.25, 0.3) is 5.91 Å². The molecule has 0 atom stereocenters. The number of rotatable bonds is 8. The van der Waals surface area contributed by atoms with Gasteiger partial charge in [-0.05, 0) is 45.0 Å². The number of carbonyl (C=O) groups excluding carboxylic acids is 1. The van der Waals surface area contributed by atoms with Crippen LogP contribution in [0.15, 0.2) is 42.7 Å². The van der Waals surface area contributed by atoms with Crippen LogP contribution in [0.2, 0.25) is 0 Å². The lowest BCUT2D eigenvalue weighted by atomic mass is 10.0. The van der Waals surface area contributed by atoms with Gasteiger partial charge >= 0.3 is 5.97 Å². The van der Waals surface area contributed by atoms with Crippen LogP contribution in [0, 0.1) is 0 Å². The van der Waals surface area contributed by atoms with Gasteiger partial charge < -0.3 is 19.5 Å². The van der Waals surface area contributed by atoms with Gasteiger partial charge in [-0.15, -0.1) is 0 Å². The van der Waals surface area contributed by atoms with Crippen molar-refractivity contribution in [2.45, 2.75) is 32.9 Å². The predicted molar refractivity (Wildman–Crippen MR) is 100.0 cm³/mol. The number of nitrogens with zero attached hydrogens (tertiary/aromatic N) is 2. The molecule has 1 heterocycles. The van der Waals surface area contributed by atoms with Gasteiger partial charge in [0.15, 0.2) is 11.5 Å². The summed E-state index contributed by atoms with van der Waals surface area (Å²) >= 11 is 0. The van der Waals surface area contributed by atoms with Crippen LogP contribution >= 0.6 is 0 Å². The van der Waals surface area contributed by atoms with Crippen molar-refractivity contribution in [3.63, 3.8) is 0 Å². The molecule has 0 unspecified atom stereocenters. The third kappa shape index (κ3) is 4.75. The van der Waals surface area contributed by atoms with Crippen molar-refractivity contribution in [1.29, 1.82) is 0 Å². The molecule has 27 heavy (non-hydrogen) atoms. The standard InChI is InChI=1S/C20H24N2O5/c1-5-26-17-11-15(18(23)22(4)20(2,3)19(24)25)8-9-16(17)27-13-14-7-6-10-21-12-14/h6-12H,5,13H2,1-4H3,(H,24,25). The van der Waals surface area contributed by atoms with Gasteiger partial charge in [-0.1, -0.05) is 6.07 Å². The van der Waals surface area contributed by atoms with Gasteiger partial charge in [0.1, 0.15) is 12.1 Å². The molecule has 0 radical (unpaired) electrons. The molecule has 0 aliphatic rings. The zero-order valence-corrected chi connectivity index (χ0v) is 15.9. The highest BCUT2D eigenvalue weighted by molar-refractivity contribution is 5.98.